The molecule has 0 aliphatic rings. The van der Waals surface area contributed by atoms with Crippen LogP contribution in [0.25, 0.3) is 0 Å². The summed E-state index contributed by atoms with van der Waals surface area (Å²) >= 11 is 0. The van der Waals surface area contributed by atoms with Crippen molar-refractivity contribution in [1.29, 1.82) is 0 Å². The molecule has 0 bridgehead atoms. The molecule has 0 aliphatic heterocycles. The highest BCUT2D eigenvalue weighted by atomic mass is 16.3. The molecule has 0 spiro atoms. The number of benzene rings is 2. The van der Waals surface area contributed by atoms with Crippen LogP contribution >= 0.6 is 0 Å². The van der Waals surface area contributed by atoms with Crippen LogP contribution in [0.1, 0.15) is 18.1 Å². The normalized spacial score (nSPS) is 11.9. The molecule has 0 aromatic heterocycles. The van der Waals surface area contributed by atoms with Gasteiger partial charge in [-0.05, 0) is 31.2 Å². The third-order valence-electron chi connectivity index (χ3n) is 2.64. The van der Waals surface area contributed by atoms with E-state index in [1.165, 1.54) is 6.21 Å². The highest BCUT2D eigenvalue weighted by Crippen LogP contribution is 2.17. The molecule has 0 aliphatic carbocycles. The topological polar surface area (TPSA) is 65.2 Å². The maximum atomic E-state index is 9.67. The molecule has 0 saturated heterocycles. The van der Waals surface area contributed by atoms with Gasteiger partial charge in [0.25, 0.3) is 0 Å². The lowest BCUT2D eigenvalue weighted by Gasteiger charge is -2.01. The van der Waals surface area contributed by atoms with Gasteiger partial charge < -0.3 is 10.2 Å². The van der Waals surface area contributed by atoms with Crippen LogP contribution in [0.2, 0.25) is 0 Å². The summed E-state index contributed by atoms with van der Waals surface area (Å²) < 4.78 is 0. The Balaban J connectivity index is 2.19. The molecule has 0 saturated carbocycles. The number of nitrogens with zero attached hydrogens (tertiary/aromatic N) is 2. The lowest BCUT2D eigenvalue weighted by Crippen LogP contribution is -1.94. The van der Waals surface area contributed by atoms with Crippen molar-refractivity contribution in [2.75, 3.05) is 0 Å². The summed E-state index contributed by atoms with van der Waals surface area (Å²) in [5.74, 6) is 0.322. The summed E-state index contributed by atoms with van der Waals surface area (Å²) in [4.78, 5) is 0. The van der Waals surface area contributed by atoms with Crippen molar-refractivity contribution in [2.45, 2.75) is 6.92 Å². The van der Waals surface area contributed by atoms with Gasteiger partial charge in [0.05, 0.1) is 11.9 Å². The second kappa shape index (κ2) is 5.82. The molecule has 0 amide bonds. The molecule has 4 nitrogen and oxygen atoms in total. The van der Waals surface area contributed by atoms with E-state index in [2.05, 4.69) is 10.2 Å². The minimum absolute atomic E-state index is 0.154. The summed E-state index contributed by atoms with van der Waals surface area (Å²) in [6, 6.07) is 13.8. The van der Waals surface area contributed by atoms with Gasteiger partial charge in [0.1, 0.15) is 11.5 Å². The molecular weight excluding hydrogens is 240 g/mol. The Hall–Kier alpha value is -2.62. The number of hydrogen-bond acceptors (Lipinski definition) is 4. The van der Waals surface area contributed by atoms with E-state index in [1.807, 2.05) is 6.07 Å². The molecule has 0 atom stereocenters. The Morgan fingerprint density at radius 1 is 0.947 bits per heavy atom. The SMILES string of the molecule is C/C(=N\N=C/c1ccccc1O)c1ccccc1O. The Morgan fingerprint density at radius 2 is 1.58 bits per heavy atom. The van der Waals surface area contributed by atoms with E-state index in [9.17, 15) is 10.2 Å². The van der Waals surface area contributed by atoms with Crippen molar-refractivity contribution in [2.24, 2.45) is 10.2 Å². The average Bonchev–Trinajstić information content (AvgIpc) is 2.41. The molecule has 0 unspecified atom stereocenters. The molecule has 0 radical (unpaired) electrons. The summed E-state index contributed by atoms with van der Waals surface area (Å²) in [5.41, 5.74) is 1.83. The van der Waals surface area contributed by atoms with Crippen LogP contribution in [0.4, 0.5) is 0 Å². The predicted molar refractivity (Wildman–Crippen MR) is 76.0 cm³/mol. The third kappa shape index (κ3) is 3.19. The van der Waals surface area contributed by atoms with Gasteiger partial charge in [0.2, 0.25) is 0 Å². The van der Waals surface area contributed by atoms with E-state index >= 15 is 0 Å². The lowest BCUT2D eigenvalue weighted by atomic mass is 10.1. The molecule has 2 rings (SSSR count). The molecule has 0 fully saturated rings. The molecular formula is C15H14N2O2. The van der Waals surface area contributed by atoms with Crippen molar-refractivity contribution in [3.63, 3.8) is 0 Å². The number of rotatable bonds is 3. The smallest absolute Gasteiger partial charge is 0.124 e. The molecule has 2 aromatic rings. The zero-order valence-electron chi connectivity index (χ0n) is 10.5. The Kier molecular flexibility index (Phi) is 3.93. The van der Waals surface area contributed by atoms with Crippen molar-refractivity contribution in [3.05, 3.63) is 59.7 Å². The van der Waals surface area contributed by atoms with E-state index in [0.29, 0.717) is 16.8 Å². The van der Waals surface area contributed by atoms with Gasteiger partial charge in [0, 0.05) is 11.1 Å². The maximum Gasteiger partial charge on any atom is 0.124 e. The fraction of sp³-hybridized carbons (Fsp3) is 0.0667. The number of hydrogen-bond donors (Lipinski definition) is 2. The average molecular weight is 254 g/mol. The Morgan fingerprint density at radius 3 is 2.26 bits per heavy atom. The fourth-order valence-electron chi connectivity index (χ4n) is 1.61. The van der Waals surface area contributed by atoms with E-state index in [-0.39, 0.29) is 11.5 Å². The molecule has 4 heteroatoms. The predicted octanol–water partition coefficient (Wildman–Crippen LogP) is 2.94. The summed E-state index contributed by atoms with van der Waals surface area (Å²) in [5, 5.41) is 27.1. The number of aromatic hydroxyl groups is 2. The molecule has 0 heterocycles. The van der Waals surface area contributed by atoms with Crippen molar-refractivity contribution < 1.29 is 10.2 Å². The van der Waals surface area contributed by atoms with Gasteiger partial charge in [0.15, 0.2) is 0 Å². The van der Waals surface area contributed by atoms with Crippen LogP contribution in [-0.2, 0) is 0 Å². The van der Waals surface area contributed by atoms with E-state index < -0.39 is 0 Å². The van der Waals surface area contributed by atoms with Crippen LogP contribution in [0.15, 0.2) is 58.7 Å². The van der Waals surface area contributed by atoms with Gasteiger partial charge in [-0.3, -0.25) is 0 Å². The minimum atomic E-state index is 0.154. The molecule has 2 aromatic carbocycles. The van der Waals surface area contributed by atoms with Gasteiger partial charge in [-0.15, -0.1) is 0 Å². The van der Waals surface area contributed by atoms with Gasteiger partial charge in [-0.1, -0.05) is 24.3 Å². The Bertz CT molecular complexity index is 634. The first-order valence-electron chi connectivity index (χ1n) is 5.82. The lowest BCUT2D eigenvalue weighted by molar-refractivity contribution is 0.473. The zero-order valence-corrected chi connectivity index (χ0v) is 10.5. The van der Waals surface area contributed by atoms with E-state index in [0.717, 1.165) is 0 Å². The first kappa shape index (κ1) is 12.8. The molecule has 19 heavy (non-hydrogen) atoms. The second-order valence-electron chi connectivity index (χ2n) is 4.01. The third-order valence-corrected chi connectivity index (χ3v) is 2.64. The highest BCUT2D eigenvalue weighted by molar-refractivity contribution is 6.01. The van der Waals surface area contributed by atoms with E-state index in [4.69, 9.17) is 0 Å². The largest absolute Gasteiger partial charge is 0.507 e. The van der Waals surface area contributed by atoms with E-state index in [1.54, 1.807) is 49.4 Å². The highest BCUT2D eigenvalue weighted by Gasteiger charge is 2.02. The number of phenols is 2. The zero-order chi connectivity index (χ0) is 13.7. The van der Waals surface area contributed by atoms with Crippen molar-refractivity contribution >= 4 is 11.9 Å². The van der Waals surface area contributed by atoms with Crippen LogP contribution < -0.4 is 0 Å². The number of phenolic OH excluding ortho intramolecular Hbond substituents is 2. The Labute approximate surface area is 111 Å². The summed E-state index contributed by atoms with van der Waals surface area (Å²) in [7, 11) is 0. The van der Waals surface area contributed by atoms with Gasteiger partial charge >= 0.3 is 0 Å². The monoisotopic (exact) mass is 254 g/mol. The van der Waals surface area contributed by atoms with Crippen LogP contribution in [0, 0.1) is 0 Å². The second-order valence-corrected chi connectivity index (χ2v) is 4.01. The van der Waals surface area contributed by atoms with Crippen LogP contribution in [0.3, 0.4) is 0 Å². The van der Waals surface area contributed by atoms with Gasteiger partial charge in [-0.25, -0.2) is 0 Å². The minimum Gasteiger partial charge on any atom is -0.507 e. The molecule has 96 valence electrons. The summed E-state index contributed by atoms with van der Waals surface area (Å²) in [6.45, 7) is 1.76. The van der Waals surface area contributed by atoms with Crippen molar-refractivity contribution in [3.8, 4) is 11.5 Å². The quantitative estimate of drug-likeness (QED) is 0.653. The van der Waals surface area contributed by atoms with Crippen LogP contribution in [-0.4, -0.2) is 22.1 Å². The first-order valence-corrected chi connectivity index (χ1v) is 5.82. The van der Waals surface area contributed by atoms with Crippen LogP contribution in [0.5, 0.6) is 11.5 Å². The summed E-state index contributed by atoms with van der Waals surface area (Å²) in [6.07, 6.45) is 1.47. The maximum absolute atomic E-state index is 9.67. The molecule has 2 N–H and O–H groups in total. The van der Waals surface area contributed by atoms with Gasteiger partial charge in [-0.2, -0.15) is 10.2 Å². The fourth-order valence-corrected chi connectivity index (χ4v) is 1.61. The van der Waals surface area contributed by atoms with Crippen molar-refractivity contribution in [1.82, 2.24) is 0 Å². The first-order chi connectivity index (χ1) is 9.18. The standard InChI is InChI=1S/C15H14N2O2/c1-11(13-7-3-5-9-15(13)19)17-16-10-12-6-2-4-8-14(12)18/h2-10,18-19H,1H3/b16-10-,17-11+. The number of para-hydroxylation sites is 2.